The van der Waals surface area contributed by atoms with Crippen molar-refractivity contribution >= 4 is 19.6 Å². The van der Waals surface area contributed by atoms with Crippen LogP contribution in [-0.4, -0.2) is 60.3 Å². The smallest absolute Gasteiger partial charge is 0.472 e. The molecule has 10 nitrogen and oxygen atoms in total. The van der Waals surface area contributed by atoms with Gasteiger partial charge in [0.05, 0.1) is 25.6 Å². The molecule has 52 heavy (non-hydrogen) atoms. The van der Waals surface area contributed by atoms with Crippen LogP contribution in [0.15, 0.2) is 48.8 Å². The van der Waals surface area contributed by atoms with Crippen molar-refractivity contribution in [2.24, 2.45) is 17.6 Å². The van der Waals surface area contributed by atoms with Crippen molar-refractivity contribution in [1.29, 1.82) is 0 Å². The van der Waals surface area contributed by atoms with Crippen LogP contribution in [0, 0.1) is 11.8 Å². The number of aliphatic hydroxyl groups is 1. The maximum Gasteiger partial charge on any atom is 0.472 e. The van der Waals surface area contributed by atoms with Gasteiger partial charge < -0.3 is 25.2 Å². The van der Waals surface area contributed by atoms with Gasteiger partial charge in [-0.15, -0.1) is 0 Å². The molecule has 0 bridgehead atoms. The molecule has 0 aromatic rings. The van der Waals surface area contributed by atoms with Crippen molar-refractivity contribution in [3.8, 4) is 0 Å². The predicted octanol–water partition coefficient (Wildman–Crippen LogP) is 9.60. The number of aliphatic hydroxyl groups excluding tert-OH is 1. The molecule has 300 valence electrons. The van der Waals surface area contributed by atoms with Crippen LogP contribution in [0.3, 0.4) is 0 Å². The molecule has 11 heteroatoms. The summed E-state index contributed by atoms with van der Waals surface area (Å²) in [6.45, 7) is 3.90. The average molecular weight is 754 g/mol. The van der Waals surface area contributed by atoms with Crippen LogP contribution in [-0.2, 0) is 32.7 Å². The monoisotopic (exact) mass is 753 g/mol. The molecule has 0 saturated heterocycles. The number of carbonyl (C=O) groups excluding carboxylic acids is 2. The highest BCUT2D eigenvalue weighted by atomic mass is 31.2. The molecule has 1 aliphatic carbocycles. The van der Waals surface area contributed by atoms with Crippen molar-refractivity contribution in [3.05, 3.63) is 48.8 Å². The Morgan fingerprint density at radius 1 is 0.865 bits per heavy atom. The fraction of sp³-hybridized carbons (Fsp3) is 0.756. The van der Waals surface area contributed by atoms with Gasteiger partial charge in [0.1, 0.15) is 6.61 Å². The number of unbranched alkanes of at least 4 members (excludes halogenated alkanes) is 15. The summed E-state index contributed by atoms with van der Waals surface area (Å²) in [5, 5.41) is 10.2. The van der Waals surface area contributed by atoms with Crippen LogP contribution < -0.4 is 5.73 Å². The lowest BCUT2D eigenvalue weighted by atomic mass is 9.90. The van der Waals surface area contributed by atoms with Gasteiger partial charge >= 0.3 is 13.8 Å². The maximum atomic E-state index is 12.6. The number of phosphoric ester groups is 1. The fourth-order valence-corrected chi connectivity index (χ4v) is 6.72. The Balaban J connectivity index is 2.38. The number of phosphoric acid groups is 1. The molecule has 0 aliphatic heterocycles. The molecule has 4 N–H and O–H groups in total. The van der Waals surface area contributed by atoms with E-state index in [4.69, 9.17) is 24.3 Å². The van der Waals surface area contributed by atoms with Gasteiger partial charge in [-0.1, -0.05) is 134 Å². The quantitative estimate of drug-likeness (QED) is 0.0187. The molecule has 0 fully saturated rings. The fourth-order valence-electron chi connectivity index (χ4n) is 5.95. The number of nitrogens with two attached hydrogens (primary N) is 1. The summed E-state index contributed by atoms with van der Waals surface area (Å²) in [6, 6.07) is 0. The lowest BCUT2D eigenvalue weighted by molar-refractivity contribution is -0.153. The zero-order valence-corrected chi connectivity index (χ0v) is 33.3. The predicted molar refractivity (Wildman–Crippen MR) is 209 cm³/mol. The molecule has 0 aromatic heterocycles. The molecule has 0 radical (unpaired) electrons. The SMILES string of the molecule is CCCCCCCCCCCCCC/C=C/OC[C@H](COP(=O)(O)OCCN)OC(=O)CCC/C=C\C[C@H]1C=CC(=O)[C@@H]1/C=C/[C@@H](O)CCCCC. The number of ketones is 1. The minimum Gasteiger partial charge on any atom is -0.498 e. The first-order valence-corrected chi connectivity index (χ1v) is 21.7. The largest absolute Gasteiger partial charge is 0.498 e. The third-order valence-corrected chi connectivity index (χ3v) is 10.0. The van der Waals surface area contributed by atoms with Crippen LogP contribution in [0.4, 0.5) is 0 Å². The minimum absolute atomic E-state index is 0.0313. The number of hydrogen-bond acceptors (Lipinski definition) is 9. The molecule has 0 saturated carbocycles. The molecule has 1 aliphatic rings. The van der Waals surface area contributed by atoms with Gasteiger partial charge in [-0.2, -0.15) is 0 Å². The summed E-state index contributed by atoms with van der Waals surface area (Å²) in [5.41, 5.74) is 5.35. The van der Waals surface area contributed by atoms with Crippen LogP contribution >= 0.6 is 7.82 Å². The number of rotatable bonds is 35. The zero-order chi connectivity index (χ0) is 38.1. The van der Waals surface area contributed by atoms with Crippen molar-refractivity contribution < 1.29 is 42.7 Å². The highest BCUT2D eigenvalue weighted by Crippen LogP contribution is 2.43. The number of allylic oxidation sites excluding steroid dienone is 6. The Hall–Kier alpha value is -2.07. The van der Waals surface area contributed by atoms with Gasteiger partial charge in [0.15, 0.2) is 11.9 Å². The number of ether oxygens (including phenoxy) is 2. The van der Waals surface area contributed by atoms with Crippen molar-refractivity contribution in [2.75, 3.05) is 26.4 Å². The topological polar surface area (TPSA) is 155 Å². The lowest BCUT2D eigenvalue weighted by Gasteiger charge is -2.19. The maximum absolute atomic E-state index is 12.6. The summed E-state index contributed by atoms with van der Waals surface area (Å²) in [6.07, 6.45) is 35.6. The summed E-state index contributed by atoms with van der Waals surface area (Å²) in [5.74, 6) is -0.627. The zero-order valence-electron chi connectivity index (χ0n) is 32.4. The van der Waals surface area contributed by atoms with E-state index in [0.29, 0.717) is 25.7 Å². The van der Waals surface area contributed by atoms with Gasteiger partial charge in [0.25, 0.3) is 0 Å². The lowest BCUT2D eigenvalue weighted by Crippen LogP contribution is -2.27. The van der Waals surface area contributed by atoms with Gasteiger partial charge in [-0.3, -0.25) is 18.6 Å². The van der Waals surface area contributed by atoms with E-state index in [1.165, 1.54) is 70.6 Å². The van der Waals surface area contributed by atoms with Crippen LogP contribution in [0.2, 0.25) is 0 Å². The van der Waals surface area contributed by atoms with Crippen molar-refractivity contribution in [2.45, 2.75) is 161 Å². The van der Waals surface area contributed by atoms with E-state index < -0.39 is 26.0 Å². The van der Waals surface area contributed by atoms with E-state index in [1.54, 1.807) is 18.4 Å². The minimum atomic E-state index is -4.35. The highest BCUT2D eigenvalue weighted by Gasteiger charge is 2.27. The van der Waals surface area contributed by atoms with E-state index in [0.717, 1.165) is 32.1 Å². The Morgan fingerprint density at radius 2 is 1.50 bits per heavy atom. The second-order valence-electron chi connectivity index (χ2n) is 13.9. The molecular weight excluding hydrogens is 681 g/mol. The standard InChI is InChI=1S/C41H72NO9P/c1-3-5-7-8-9-10-11-12-13-14-15-16-19-23-32-48-34-38(35-50-52(46,47)49-33-31-42)51-41(45)26-22-18-17-21-24-36-27-30-40(44)39(36)29-28-37(43)25-20-6-4-2/h17,21,23,27-30,32,36-39,43H,3-16,18-20,22,24-26,31,33-35,42H2,1-2H3,(H,46,47)/b21-17-,29-28+,32-23+/t36-,37-,38+,39+/m0/s1. The summed E-state index contributed by atoms with van der Waals surface area (Å²) in [4.78, 5) is 34.9. The van der Waals surface area contributed by atoms with Crippen molar-refractivity contribution in [3.63, 3.8) is 0 Å². The first-order chi connectivity index (χ1) is 25.2. The summed E-state index contributed by atoms with van der Waals surface area (Å²) >= 11 is 0. The second kappa shape index (κ2) is 32.4. The first kappa shape index (κ1) is 48.0. The van der Waals surface area contributed by atoms with E-state index in [2.05, 4.69) is 13.8 Å². The molecule has 5 atom stereocenters. The Bertz CT molecular complexity index is 1080. The molecular formula is C41H72NO9P. The molecule has 0 aromatic carbocycles. The van der Waals surface area contributed by atoms with Crippen molar-refractivity contribution in [1.82, 2.24) is 0 Å². The average Bonchev–Trinajstić information content (AvgIpc) is 3.48. The van der Waals surface area contributed by atoms with Gasteiger partial charge in [0.2, 0.25) is 0 Å². The number of hydrogen-bond donors (Lipinski definition) is 3. The molecule has 0 amide bonds. The molecule has 1 rings (SSSR count). The van der Waals surface area contributed by atoms with E-state index in [9.17, 15) is 24.2 Å². The van der Waals surface area contributed by atoms with Crippen LogP contribution in [0.1, 0.15) is 149 Å². The molecule has 0 heterocycles. The summed E-state index contributed by atoms with van der Waals surface area (Å²) < 4.78 is 33.1. The van der Waals surface area contributed by atoms with E-state index >= 15 is 0 Å². The number of carbonyl (C=O) groups is 2. The van der Waals surface area contributed by atoms with Gasteiger partial charge in [-0.25, -0.2) is 4.57 Å². The molecule has 0 spiro atoms. The molecule has 1 unspecified atom stereocenters. The first-order valence-electron chi connectivity index (χ1n) is 20.2. The highest BCUT2D eigenvalue weighted by molar-refractivity contribution is 7.47. The third-order valence-electron chi connectivity index (χ3n) is 9.06. The Labute approximate surface area is 315 Å². The van der Waals surface area contributed by atoms with Crippen LogP contribution in [0.25, 0.3) is 0 Å². The van der Waals surface area contributed by atoms with Gasteiger partial charge in [-0.05, 0) is 56.6 Å². The van der Waals surface area contributed by atoms with E-state index in [-0.39, 0.29) is 50.4 Å². The van der Waals surface area contributed by atoms with Gasteiger partial charge in [0, 0.05) is 18.9 Å². The second-order valence-corrected chi connectivity index (χ2v) is 15.3. The summed E-state index contributed by atoms with van der Waals surface area (Å²) in [7, 11) is -4.35. The number of esters is 1. The normalized spacial score (nSPS) is 18.5. The van der Waals surface area contributed by atoms with E-state index in [1.807, 2.05) is 30.4 Å². The Kier molecular flexibility index (Phi) is 29.8. The third kappa shape index (κ3) is 26.7. The van der Waals surface area contributed by atoms with Crippen LogP contribution in [0.5, 0.6) is 0 Å². The Morgan fingerprint density at radius 3 is 2.17 bits per heavy atom.